The van der Waals surface area contributed by atoms with Crippen molar-refractivity contribution >= 4 is 6.03 Å². The lowest BCUT2D eigenvalue weighted by atomic mass is 9.84. The number of hydrogen-bond donors (Lipinski definition) is 2. The second-order valence-corrected chi connectivity index (χ2v) is 6.75. The average molecular weight is 380 g/mol. The van der Waals surface area contributed by atoms with Crippen molar-refractivity contribution in [3.63, 3.8) is 0 Å². The molecule has 2 amide bonds. The average Bonchev–Trinajstić information content (AvgIpc) is 2.63. The van der Waals surface area contributed by atoms with E-state index in [1.165, 1.54) is 6.07 Å². The second-order valence-electron chi connectivity index (χ2n) is 6.75. The first kappa shape index (κ1) is 20.6. The highest BCUT2D eigenvalue weighted by atomic mass is 19.3. The minimum absolute atomic E-state index is 0.206. The lowest BCUT2D eigenvalue weighted by molar-refractivity contribution is 0.0818. The van der Waals surface area contributed by atoms with Gasteiger partial charge in [-0.05, 0) is 29.3 Å². The topological polar surface area (TPSA) is 50.4 Å². The van der Waals surface area contributed by atoms with Crippen LogP contribution in [0.4, 0.5) is 18.0 Å². The van der Waals surface area contributed by atoms with E-state index < -0.39 is 24.5 Å². The van der Waals surface area contributed by atoms with E-state index in [-0.39, 0.29) is 18.9 Å². The molecule has 0 bridgehead atoms. The highest BCUT2D eigenvalue weighted by Gasteiger charge is 2.24. The number of carbonyl (C=O) groups is 1. The maximum absolute atomic E-state index is 13.9. The highest BCUT2D eigenvalue weighted by molar-refractivity contribution is 5.74. The third kappa shape index (κ3) is 6.51. The van der Waals surface area contributed by atoms with Crippen LogP contribution < -0.4 is 15.4 Å². The summed E-state index contributed by atoms with van der Waals surface area (Å²) in [4.78, 5) is 12.0. The lowest BCUT2D eigenvalue weighted by Crippen LogP contribution is -2.42. The third-order valence-electron chi connectivity index (χ3n) is 4.02. The molecule has 0 heterocycles. The van der Waals surface area contributed by atoms with Gasteiger partial charge < -0.3 is 15.4 Å². The molecule has 2 N–H and O–H groups in total. The molecule has 0 spiro atoms. The number of alkyl halides is 2. The van der Waals surface area contributed by atoms with E-state index in [9.17, 15) is 18.0 Å². The first-order valence-corrected chi connectivity index (χ1v) is 8.54. The molecule has 0 saturated heterocycles. The first-order chi connectivity index (χ1) is 12.8. The van der Waals surface area contributed by atoms with Crippen LogP contribution in [0, 0.1) is 5.82 Å². The Bertz CT molecular complexity index is 766. The van der Waals surface area contributed by atoms with Crippen LogP contribution in [0.1, 0.15) is 25.0 Å². The van der Waals surface area contributed by atoms with Gasteiger partial charge in [0.25, 0.3) is 6.43 Å². The monoisotopic (exact) mass is 380 g/mol. The number of carbonyl (C=O) groups excluding carboxylic acids is 1. The Morgan fingerprint density at radius 2 is 1.85 bits per heavy atom. The van der Waals surface area contributed by atoms with Gasteiger partial charge in [0, 0.05) is 18.5 Å². The van der Waals surface area contributed by atoms with Gasteiger partial charge in [-0.1, -0.05) is 44.2 Å². The van der Waals surface area contributed by atoms with Gasteiger partial charge in [-0.25, -0.2) is 18.0 Å². The Hall–Kier alpha value is -2.70. The van der Waals surface area contributed by atoms with Crippen LogP contribution in [0.25, 0.3) is 0 Å². The first-order valence-electron chi connectivity index (χ1n) is 8.54. The Morgan fingerprint density at radius 1 is 1.11 bits per heavy atom. The maximum atomic E-state index is 13.9. The molecule has 0 saturated carbocycles. The summed E-state index contributed by atoms with van der Waals surface area (Å²) < 4.78 is 43.3. The molecule has 0 aliphatic rings. The van der Waals surface area contributed by atoms with Gasteiger partial charge in [-0.3, -0.25) is 0 Å². The summed E-state index contributed by atoms with van der Waals surface area (Å²) in [5.74, 6) is 0.000940. The van der Waals surface area contributed by atoms with Crippen molar-refractivity contribution in [3.05, 3.63) is 65.5 Å². The van der Waals surface area contributed by atoms with Gasteiger partial charge in [0.2, 0.25) is 0 Å². The maximum Gasteiger partial charge on any atom is 0.315 e. The van der Waals surface area contributed by atoms with Crippen LogP contribution in [-0.4, -0.2) is 25.6 Å². The van der Waals surface area contributed by atoms with Crippen molar-refractivity contribution in [1.29, 1.82) is 0 Å². The number of hydrogen-bond acceptors (Lipinski definition) is 2. The molecule has 0 atom stereocenters. The highest BCUT2D eigenvalue weighted by Crippen LogP contribution is 2.24. The normalized spacial score (nSPS) is 11.3. The van der Waals surface area contributed by atoms with Crippen molar-refractivity contribution in [2.75, 3.05) is 13.2 Å². The fourth-order valence-corrected chi connectivity index (χ4v) is 2.56. The van der Waals surface area contributed by atoms with Crippen LogP contribution in [0.5, 0.6) is 5.75 Å². The van der Waals surface area contributed by atoms with E-state index in [1.54, 1.807) is 42.5 Å². The van der Waals surface area contributed by atoms with E-state index in [0.29, 0.717) is 16.9 Å². The van der Waals surface area contributed by atoms with Crippen LogP contribution in [0.15, 0.2) is 48.5 Å². The molecule has 2 aromatic carbocycles. The number of ether oxygens (including phenoxy) is 1. The molecule has 0 aromatic heterocycles. The zero-order valence-electron chi connectivity index (χ0n) is 15.3. The van der Waals surface area contributed by atoms with Gasteiger partial charge in [-0.15, -0.1) is 0 Å². The smallest absolute Gasteiger partial charge is 0.315 e. The molecular formula is C20H23F3N2O2. The minimum atomic E-state index is -2.55. The number of benzene rings is 2. The summed E-state index contributed by atoms with van der Waals surface area (Å²) >= 11 is 0. The van der Waals surface area contributed by atoms with Crippen molar-refractivity contribution in [2.24, 2.45) is 0 Å². The molecule has 27 heavy (non-hydrogen) atoms. The Labute approximate surface area is 156 Å². The van der Waals surface area contributed by atoms with Gasteiger partial charge in [-0.2, -0.15) is 0 Å². The number of halogens is 3. The van der Waals surface area contributed by atoms with Crippen molar-refractivity contribution in [1.82, 2.24) is 10.6 Å². The van der Waals surface area contributed by atoms with Crippen LogP contribution >= 0.6 is 0 Å². The van der Waals surface area contributed by atoms with Gasteiger partial charge >= 0.3 is 6.03 Å². The largest absolute Gasteiger partial charge is 0.488 e. The molecule has 4 nitrogen and oxygen atoms in total. The summed E-state index contributed by atoms with van der Waals surface area (Å²) in [7, 11) is 0. The predicted molar refractivity (Wildman–Crippen MR) is 97.6 cm³/mol. The zero-order valence-corrected chi connectivity index (χ0v) is 15.3. The molecule has 0 aliphatic heterocycles. The van der Waals surface area contributed by atoms with E-state index >= 15 is 0 Å². The Morgan fingerprint density at radius 3 is 2.56 bits per heavy atom. The lowest BCUT2D eigenvalue weighted by Gasteiger charge is -2.26. The number of nitrogens with one attached hydrogen (secondary N) is 2. The Kier molecular flexibility index (Phi) is 7.10. The van der Waals surface area contributed by atoms with Gasteiger partial charge in [0.05, 0.1) is 0 Å². The summed E-state index contributed by atoms with van der Waals surface area (Å²) in [6, 6.07) is 12.6. The third-order valence-corrected chi connectivity index (χ3v) is 4.02. The summed E-state index contributed by atoms with van der Waals surface area (Å²) in [5.41, 5.74) is 0.658. The second kappa shape index (κ2) is 9.30. The van der Waals surface area contributed by atoms with E-state index in [4.69, 9.17) is 4.74 Å². The summed E-state index contributed by atoms with van der Waals surface area (Å²) in [6.45, 7) is 3.46. The molecule has 0 unspecified atom stereocenters. The molecule has 2 rings (SSSR count). The van der Waals surface area contributed by atoms with Gasteiger partial charge in [0.15, 0.2) is 0 Å². The molecule has 2 aromatic rings. The molecule has 0 aliphatic carbocycles. The standard InChI is InChI=1S/C20H23F3N2O2/c1-20(2,16-8-3-4-9-17(16)21)13-25-19(26)24-11-14-6-5-7-15(10-14)27-12-18(22)23/h3-10,18H,11-13H2,1-2H3,(H2,24,25,26). The van der Waals surface area contributed by atoms with Crippen LogP contribution in [0.3, 0.4) is 0 Å². The van der Waals surface area contributed by atoms with Crippen molar-refractivity contribution in [2.45, 2.75) is 32.2 Å². The minimum Gasteiger partial charge on any atom is -0.488 e. The fourth-order valence-electron chi connectivity index (χ4n) is 2.56. The van der Waals surface area contributed by atoms with E-state index in [1.807, 2.05) is 13.8 Å². The van der Waals surface area contributed by atoms with Crippen LogP contribution in [-0.2, 0) is 12.0 Å². The molecule has 7 heteroatoms. The zero-order chi connectivity index (χ0) is 19.9. The number of urea groups is 1. The molecule has 0 fully saturated rings. The van der Waals surface area contributed by atoms with E-state index in [0.717, 1.165) is 0 Å². The molecular weight excluding hydrogens is 357 g/mol. The SMILES string of the molecule is CC(C)(CNC(=O)NCc1cccc(OCC(F)F)c1)c1ccccc1F. The quantitative estimate of drug-likeness (QED) is 0.719. The Balaban J connectivity index is 1.84. The number of amides is 2. The predicted octanol–water partition coefficient (Wildman–Crippen LogP) is 4.25. The van der Waals surface area contributed by atoms with Crippen molar-refractivity contribution in [3.8, 4) is 5.75 Å². The van der Waals surface area contributed by atoms with E-state index in [2.05, 4.69) is 10.6 Å². The van der Waals surface area contributed by atoms with Crippen molar-refractivity contribution < 1.29 is 22.7 Å². The molecule has 146 valence electrons. The molecule has 0 radical (unpaired) electrons. The summed E-state index contributed by atoms with van der Waals surface area (Å²) in [6.07, 6.45) is -2.55. The summed E-state index contributed by atoms with van der Waals surface area (Å²) in [5, 5.41) is 5.41. The number of rotatable bonds is 8. The van der Waals surface area contributed by atoms with Crippen LogP contribution in [0.2, 0.25) is 0 Å². The van der Waals surface area contributed by atoms with Gasteiger partial charge in [0.1, 0.15) is 18.2 Å². The fraction of sp³-hybridized carbons (Fsp3) is 0.350.